The van der Waals surface area contributed by atoms with Gasteiger partial charge in [-0.3, -0.25) is 9.69 Å². The Labute approximate surface area is 121 Å². The smallest absolute Gasteiger partial charge is 0.324 e. The first-order valence-corrected chi connectivity index (χ1v) is 6.92. The highest BCUT2D eigenvalue weighted by atomic mass is 35.5. The molecular weight excluding hydrogens is 287 g/mol. The number of halogens is 2. The molecule has 0 radical (unpaired) electrons. The standard InChI is InChI=1S/C13H14Cl2N2O2/c14-5-6-16-13(19)17-8-10(7-12(17)18)9-1-3-11(15)4-2-9/h1-4,10H,5-8H2,(H,16,19). The van der Waals surface area contributed by atoms with Gasteiger partial charge in [-0.2, -0.15) is 0 Å². The van der Waals surface area contributed by atoms with Crippen molar-refractivity contribution in [3.05, 3.63) is 34.9 Å². The number of urea groups is 1. The van der Waals surface area contributed by atoms with Crippen LogP contribution in [0, 0.1) is 0 Å². The van der Waals surface area contributed by atoms with E-state index >= 15 is 0 Å². The van der Waals surface area contributed by atoms with Crippen molar-refractivity contribution in [2.75, 3.05) is 19.0 Å². The second-order valence-electron chi connectivity index (χ2n) is 4.38. The molecule has 6 heteroatoms. The lowest BCUT2D eigenvalue weighted by molar-refractivity contribution is -0.125. The molecule has 1 aliphatic heterocycles. The largest absolute Gasteiger partial charge is 0.336 e. The number of hydrogen-bond acceptors (Lipinski definition) is 2. The van der Waals surface area contributed by atoms with E-state index in [0.29, 0.717) is 30.4 Å². The third-order valence-electron chi connectivity index (χ3n) is 3.08. The van der Waals surface area contributed by atoms with Gasteiger partial charge in [0.05, 0.1) is 0 Å². The lowest BCUT2D eigenvalue weighted by Crippen LogP contribution is -2.41. The van der Waals surface area contributed by atoms with Gasteiger partial charge in [0.1, 0.15) is 0 Å². The van der Waals surface area contributed by atoms with E-state index in [1.807, 2.05) is 12.1 Å². The molecule has 1 aromatic carbocycles. The molecule has 0 bridgehead atoms. The van der Waals surface area contributed by atoms with Gasteiger partial charge in [-0.05, 0) is 17.7 Å². The van der Waals surface area contributed by atoms with E-state index in [4.69, 9.17) is 23.2 Å². The minimum atomic E-state index is -0.373. The number of alkyl halides is 1. The van der Waals surface area contributed by atoms with Crippen LogP contribution in [0.4, 0.5) is 4.79 Å². The Morgan fingerprint density at radius 2 is 2.05 bits per heavy atom. The summed E-state index contributed by atoms with van der Waals surface area (Å²) < 4.78 is 0. The number of carbonyl (C=O) groups excluding carboxylic acids is 2. The molecule has 0 aliphatic carbocycles. The van der Waals surface area contributed by atoms with Crippen molar-refractivity contribution in [3.8, 4) is 0 Å². The monoisotopic (exact) mass is 300 g/mol. The summed E-state index contributed by atoms with van der Waals surface area (Å²) in [5.41, 5.74) is 1.02. The first-order chi connectivity index (χ1) is 9.11. The molecule has 0 aromatic heterocycles. The summed E-state index contributed by atoms with van der Waals surface area (Å²) in [4.78, 5) is 24.8. The molecule has 1 aliphatic rings. The number of nitrogens with zero attached hydrogens (tertiary/aromatic N) is 1. The van der Waals surface area contributed by atoms with E-state index in [9.17, 15) is 9.59 Å². The van der Waals surface area contributed by atoms with Gasteiger partial charge >= 0.3 is 6.03 Å². The Morgan fingerprint density at radius 3 is 2.68 bits per heavy atom. The summed E-state index contributed by atoms with van der Waals surface area (Å²) in [6.07, 6.45) is 0.343. The fourth-order valence-corrected chi connectivity index (χ4v) is 2.33. The highest BCUT2D eigenvalue weighted by Crippen LogP contribution is 2.28. The molecule has 1 heterocycles. The number of nitrogens with one attached hydrogen (secondary N) is 1. The fraction of sp³-hybridized carbons (Fsp3) is 0.385. The highest BCUT2D eigenvalue weighted by molar-refractivity contribution is 6.30. The van der Waals surface area contributed by atoms with Gasteiger partial charge in [-0.1, -0.05) is 23.7 Å². The zero-order valence-electron chi connectivity index (χ0n) is 10.2. The molecule has 1 atom stereocenters. The summed E-state index contributed by atoms with van der Waals surface area (Å²) in [5, 5.41) is 3.26. The van der Waals surface area contributed by atoms with Gasteiger partial charge < -0.3 is 5.32 Å². The van der Waals surface area contributed by atoms with Crippen molar-refractivity contribution in [2.24, 2.45) is 0 Å². The SMILES string of the molecule is O=C1CC(c2ccc(Cl)cc2)CN1C(=O)NCCCl. The molecule has 1 unspecified atom stereocenters. The van der Waals surface area contributed by atoms with E-state index < -0.39 is 0 Å². The lowest BCUT2D eigenvalue weighted by Gasteiger charge is -2.15. The van der Waals surface area contributed by atoms with Crippen LogP contribution in [0.2, 0.25) is 5.02 Å². The second kappa shape index (κ2) is 6.26. The van der Waals surface area contributed by atoms with Crippen molar-refractivity contribution >= 4 is 35.1 Å². The van der Waals surface area contributed by atoms with Crippen LogP contribution in [0.5, 0.6) is 0 Å². The molecule has 1 fully saturated rings. The summed E-state index contributed by atoms with van der Waals surface area (Å²) in [7, 11) is 0. The van der Waals surface area contributed by atoms with Crippen LogP contribution in [-0.2, 0) is 4.79 Å². The number of likely N-dealkylation sites (tertiary alicyclic amines) is 1. The number of carbonyl (C=O) groups is 2. The van der Waals surface area contributed by atoms with Crippen LogP contribution in [0.1, 0.15) is 17.9 Å². The van der Waals surface area contributed by atoms with Crippen molar-refractivity contribution in [1.82, 2.24) is 10.2 Å². The normalized spacial score (nSPS) is 18.7. The van der Waals surface area contributed by atoms with Crippen molar-refractivity contribution in [1.29, 1.82) is 0 Å². The van der Waals surface area contributed by atoms with Gasteiger partial charge in [0.2, 0.25) is 5.91 Å². The fourth-order valence-electron chi connectivity index (χ4n) is 2.11. The Kier molecular flexibility index (Phi) is 4.66. The second-order valence-corrected chi connectivity index (χ2v) is 5.19. The van der Waals surface area contributed by atoms with Crippen LogP contribution in [0.15, 0.2) is 24.3 Å². The Bertz CT molecular complexity index is 476. The van der Waals surface area contributed by atoms with Crippen LogP contribution < -0.4 is 5.32 Å². The van der Waals surface area contributed by atoms with Gasteiger partial charge in [0, 0.05) is 36.3 Å². The van der Waals surface area contributed by atoms with E-state index in [1.165, 1.54) is 4.90 Å². The van der Waals surface area contributed by atoms with Gasteiger partial charge in [0.25, 0.3) is 0 Å². The summed E-state index contributed by atoms with van der Waals surface area (Å²) in [6, 6.07) is 6.98. The molecule has 19 heavy (non-hydrogen) atoms. The molecule has 1 saturated heterocycles. The summed E-state index contributed by atoms with van der Waals surface area (Å²) in [5.74, 6) is 0.201. The number of benzene rings is 1. The average Bonchev–Trinajstić information content (AvgIpc) is 2.79. The predicted octanol–water partition coefficient (Wildman–Crippen LogP) is 2.60. The number of amides is 3. The van der Waals surface area contributed by atoms with Crippen LogP contribution in [-0.4, -0.2) is 35.8 Å². The molecule has 0 spiro atoms. The number of hydrogen-bond donors (Lipinski definition) is 1. The van der Waals surface area contributed by atoms with E-state index in [2.05, 4.69) is 5.32 Å². The predicted molar refractivity (Wildman–Crippen MR) is 74.6 cm³/mol. The first kappa shape index (κ1) is 14.2. The Hall–Kier alpha value is -1.26. The van der Waals surface area contributed by atoms with Crippen molar-refractivity contribution in [3.63, 3.8) is 0 Å². The minimum absolute atomic E-state index is 0.0338. The van der Waals surface area contributed by atoms with E-state index in [1.54, 1.807) is 12.1 Å². The molecule has 3 amide bonds. The molecule has 2 rings (SSSR count). The number of imide groups is 1. The average molecular weight is 301 g/mol. The lowest BCUT2D eigenvalue weighted by atomic mass is 9.98. The molecule has 0 saturated carbocycles. The maximum atomic E-state index is 11.8. The molecular formula is C13H14Cl2N2O2. The number of rotatable bonds is 3. The third-order valence-corrected chi connectivity index (χ3v) is 3.52. The van der Waals surface area contributed by atoms with Gasteiger partial charge in [-0.25, -0.2) is 4.79 Å². The molecule has 4 nitrogen and oxygen atoms in total. The Morgan fingerprint density at radius 1 is 1.37 bits per heavy atom. The van der Waals surface area contributed by atoms with Crippen LogP contribution in [0.25, 0.3) is 0 Å². The van der Waals surface area contributed by atoms with Crippen molar-refractivity contribution in [2.45, 2.75) is 12.3 Å². The quantitative estimate of drug-likeness (QED) is 0.872. The van der Waals surface area contributed by atoms with Crippen LogP contribution in [0.3, 0.4) is 0 Å². The highest BCUT2D eigenvalue weighted by Gasteiger charge is 2.34. The topological polar surface area (TPSA) is 49.4 Å². The zero-order chi connectivity index (χ0) is 13.8. The van der Waals surface area contributed by atoms with Gasteiger partial charge in [-0.15, -0.1) is 11.6 Å². The maximum absolute atomic E-state index is 11.8. The summed E-state index contributed by atoms with van der Waals surface area (Å²) >= 11 is 11.3. The van der Waals surface area contributed by atoms with Crippen LogP contribution >= 0.6 is 23.2 Å². The zero-order valence-corrected chi connectivity index (χ0v) is 11.7. The molecule has 102 valence electrons. The Balaban J connectivity index is 2.02. The minimum Gasteiger partial charge on any atom is -0.336 e. The first-order valence-electron chi connectivity index (χ1n) is 6.01. The van der Waals surface area contributed by atoms with Gasteiger partial charge in [0.15, 0.2) is 0 Å². The van der Waals surface area contributed by atoms with E-state index in [-0.39, 0.29) is 17.9 Å². The van der Waals surface area contributed by atoms with Crippen molar-refractivity contribution < 1.29 is 9.59 Å². The molecule has 1 aromatic rings. The summed E-state index contributed by atoms with van der Waals surface area (Å²) in [6.45, 7) is 0.754. The van der Waals surface area contributed by atoms with E-state index in [0.717, 1.165) is 5.56 Å². The molecule has 1 N–H and O–H groups in total. The third kappa shape index (κ3) is 3.39. The maximum Gasteiger partial charge on any atom is 0.324 e.